The SMILES string of the molecule is Cc1cccc(C(=O)N2CCCN(CC(=O)N3CCN(c4ccccn4)CC3)CC2)c1. The summed E-state index contributed by atoms with van der Waals surface area (Å²) in [6.45, 7) is 8.46. The lowest BCUT2D eigenvalue weighted by Crippen LogP contribution is -2.51. The first kappa shape index (κ1) is 21.3. The Labute approximate surface area is 184 Å². The first-order chi connectivity index (χ1) is 15.1. The molecular formula is C24H31N5O2. The highest BCUT2D eigenvalue weighted by molar-refractivity contribution is 5.94. The van der Waals surface area contributed by atoms with Crippen LogP contribution in [0.1, 0.15) is 22.3 Å². The van der Waals surface area contributed by atoms with Crippen LogP contribution in [0.3, 0.4) is 0 Å². The van der Waals surface area contributed by atoms with E-state index in [0.29, 0.717) is 13.1 Å². The number of aromatic nitrogens is 1. The molecule has 0 saturated carbocycles. The standard InChI is InChI=1S/C24H31N5O2/c1-20-6-4-7-21(18-20)24(31)29-11-5-10-26(12-13-29)19-23(30)28-16-14-27(15-17-28)22-8-2-3-9-25-22/h2-4,6-9,18H,5,10-17,19H2,1H3. The van der Waals surface area contributed by atoms with Gasteiger partial charge in [-0.05, 0) is 37.6 Å². The first-order valence-corrected chi connectivity index (χ1v) is 11.1. The van der Waals surface area contributed by atoms with E-state index in [1.54, 1.807) is 6.20 Å². The van der Waals surface area contributed by atoms with Crippen molar-refractivity contribution in [2.24, 2.45) is 0 Å². The molecule has 2 aliphatic heterocycles. The quantitative estimate of drug-likeness (QED) is 0.755. The van der Waals surface area contributed by atoms with Gasteiger partial charge < -0.3 is 14.7 Å². The molecular weight excluding hydrogens is 390 g/mol. The average Bonchev–Trinajstić information content (AvgIpc) is 3.05. The minimum absolute atomic E-state index is 0.0857. The molecule has 0 N–H and O–H groups in total. The second-order valence-corrected chi connectivity index (χ2v) is 8.35. The van der Waals surface area contributed by atoms with Crippen molar-refractivity contribution in [3.63, 3.8) is 0 Å². The van der Waals surface area contributed by atoms with Gasteiger partial charge in [0.15, 0.2) is 0 Å². The molecule has 3 heterocycles. The summed E-state index contributed by atoms with van der Waals surface area (Å²) in [5.41, 5.74) is 1.84. The molecule has 7 heteroatoms. The average molecular weight is 422 g/mol. The van der Waals surface area contributed by atoms with Crippen LogP contribution in [0.5, 0.6) is 0 Å². The second kappa shape index (κ2) is 9.92. The number of anilines is 1. The van der Waals surface area contributed by atoms with Gasteiger partial charge >= 0.3 is 0 Å². The number of hydrogen-bond acceptors (Lipinski definition) is 5. The van der Waals surface area contributed by atoms with Gasteiger partial charge in [-0.1, -0.05) is 23.8 Å². The Kier molecular flexibility index (Phi) is 6.82. The molecule has 2 aromatic rings. The number of carbonyl (C=O) groups excluding carboxylic acids is 2. The van der Waals surface area contributed by atoms with E-state index in [0.717, 1.165) is 69.2 Å². The number of benzene rings is 1. The van der Waals surface area contributed by atoms with Gasteiger partial charge in [-0.15, -0.1) is 0 Å². The lowest BCUT2D eigenvalue weighted by molar-refractivity contribution is -0.132. The smallest absolute Gasteiger partial charge is 0.253 e. The van der Waals surface area contributed by atoms with Crippen molar-refractivity contribution in [1.82, 2.24) is 19.7 Å². The molecule has 0 bridgehead atoms. The zero-order valence-electron chi connectivity index (χ0n) is 18.2. The molecule has 164 valence electrons. The van der Waals surface area contributed by atoms with E-state index < -0.39 is 0 Å². The Morgan fingerprint density at radius 1 is 0.871 bits per heavy atom. The summed E-state index contributed by atoms with van der Waals surface area (Å²) in [6, 6.07) is 13.7. The summed E-state index contributed by atoms with van der Waals surface area (Å²) in [4.78, 5) is 38.4. The number of carbonyl (C=O) groups is 2. The van der Waals surface area contributed by atoms with Gasteiger partial charge in [0.1, 0.15) is 5.82 Å². The molecule has 1 aromatic carbocycles. The highest BCUT2D eigenvalue weighted by atomic mass is 16.2. The molecule has 4 rings (SSSR count). The lowest BCUT2D eigenvalue weighted by Gasteiger charge is -2.36. The van der Waals surface area contributed by atoms with Crippen LogP contribution in [-0.2, 0) is 4.79 Å². The molecule has 0 atom stereocenters. The molecule has 2 amide bonds. The third kappa shape index (κ3) is 5.41. The maximum absolute atomic E-state index is 12.9. The van der Waals surface area contributed by atoms with Crippen molar-refractivity contribution < 1.29 is 9.59 Å². The number of aryl methyl sites for hydroxylation is 1. The second-order valence-electron chi connectivity index (χ2n) is 8.35. The minimum Gasteiger partial charge on any atom is -0.353 e. The fourth-order valence-corrected chi connectivity index (χ4v) is 4.31. The van der Waals surface area contributed by atoms with Crippen LogP contribution in [-0.4, -0.2) is 90.4 Å². The van der Waals surface area contributed by atoms with Gasteiger partial charge in [0.25, 0.3) is 5.91 Å². The summed E-state index contributed by atoms with van der Waals surface area (Å²) in [6.07, 6.45) is 2.69. The summed E-state index contributed by atoms with van der Waals surface area (Å²) in [5.74, 6) is 1.24. The van der Waals surface area contributed by atoms with Crippen LogP contribution in [0, 0.1) is 6.92 Å². The molecule has 1 aromatic heterocycles. The van der Waals surface area contributed by atoms with Crippen molar-refractivity contribution in [3.8, 4) is 0 Å². The fourth-order valence-electron chi connectivity index (χ4n) is 4.31. The number of piperazine rings is 1. The summed E-state index contributed by atoms with van der Waals surface area (Å²) >= 11 is 0. The van der Waals surface area contributed by atoms with Crippen molar-refractivity contribution in [2.45, 2.75) is 13.3 Å². The fraction of sp³-hybridized carbons (Fsp3) is 0.458. The van der Waals surface area contributed by atoms with Gasteiger partial charge in [0, 0.05) is 64.1 Å². The summed E-state index contributed by atoms with van der Waals surface area (Å²) < 4.78 is 0. The largest absolute Gasteiger partial charge is 0.353 e. The minimum atomic E-state index is 0.0857. The van der Waals surface area contributed by atoms with E-state index in [1.807, 2.05) is 59.2 Å². The number of amides is 2. The molecule has 7 nitrogen and oxygen atoms in total. The van der Waals surface area contributed by atoms with Crippen LogP contribution in [0.25, 0.3) is 0 Å². The van der Waals surface area contributed by atoms with Crippen LogP contribution < -0.4 is 4.90 Å². The Hall–Kier alpha value is -2.93. The van der Waals surface area contributed by atoms with Gasteiger partial charge in [-0.2, -0.15) is 0 Å². The van der Waals surface area contributed by atoms with Crippen LogP contribution in [0.2, 0.25) is 0 Å². The maximum atomic E-state index is 12.9. The number of pyridine rings is 1. The Morgan fingerprint density at radius 2 is 1.68 bits per heavy atom. The predicted octanol–water partition coefficient (Wildman–Crippen LogP) is 1.89. The third-order valence-electron chi connectivity index (χ3n) is 6.11. The van der Waals surface area contributed by atoms with E-state index in [2.05, 4.69) is 14.8 Å². The number of nitrogens with zero attached hydrogens (tertiary/aromatic N) is 5. The van der Waals surface area contributed by atoms with Crippen molar-refractivity contribution >= 4 is 17.6 Å². The highest BCUT2D eigenvalue weighted by Gasteiger charge is 2.25. The zero-order chi connectivity index (χ0) is 21.6. The van der Waals surface area contributed by atoms with E-state index in [-0.39, 0.29) is 11.8 Å². The van der Waals surface area contributed by atoms with Gasteiger partial charge in [0.05, 0.1) is 6.54 Å². The molecule has 31 heavy (non-hydrogen) atoms. The van der Waals surface area contributed by atoms with Gasteiger partial charge in [-0.3, -0.25) is 14.5 Å². The molecule has 0 unspecified atom stereocenters. The molecule has 0 spiro atoms. The first-order valence-electron chi connectivity index (χ1n) is 11.1. The van der Waals surface area contributed by atoms with E-state index in [9.17, 15) is 9.59 Å². The predicted molar refractivity (Wildman–Crippen MR) is 121 cm³/mol. The van der Waals surface area contributed by atoms with Crippen molar-refractivity contribution in [2.75, 3.05) is 63.8 Å². The number of hydrogen-bond donors (Lipinski definition) is 0. The van der Waals surface area contributed by atoms with E-state index in [1.165, 1.54) is 0 Å². The van der Waals surface area contributed by atoms with Crippen LogP contribution >= 0.6 is 0 Å². The van der Waals surface area contributed by atoms with Crippen molar-refractivity contribution in [1.29, 1.82) is 0 Å². The molecule has 0 radical (unpaired) electrons. The van der Waals surface area contributed by atoms with E-state index >= 15 is 0 Å². The van der Waals surface area contributed by atoms with Crippen molar-refractivity contribution in [3.05, 3.63) is 59.8 Å². The third-order valence-corrected chi connectivity index (χ3v) is 6.11. The Bertz CT molecular complexity index is 896. The molecule has 2 fully saturated rings. The molecule has 2 saturated heterocycles. The number of rotatable bonds is 4. The molecule has 2 aliphatic rings. The highest BCUT2D eigenvalue weighted by Crippen LogP contribution is 2.14. The van der Waals surface area contributed by atoms with Crippen LogP contribution in [0.4, 0.5) is 5.82 Å². The summed E-state index contributed by atoms with van der Waals surface area (Å²) in [7, 11) is 0. The Balaban J connectivity index is 1.26. The van der Waals surface area contributed by atoms with E-state index in [4.69, 9.17) is 0 Å². The molecule has 0 aliphatic carbocycles. The van der Waals surface area contributed by atoms with Crippen LogP contribution in [0.15, 0.2) is 48.7 Å². The normalized spacial score (nSPS) is 18.0. The monoisotopic (exact) mass is 421 g/mol. The topological polar surface area (TPSA) is 60.0 Å². The van der Waals surface area contributed by atoms with Gasteiger partial charge in [0.2, 0.25) is 5.91 Å². The lowest BCUT2D eigenvalue weighted by atomic mass is 10.1. The maximum Gasteiger partial charge on any atom is 0.253 e. The summed E-state index contributed by atoms with van der Waals surface area (Å²) in [5, 5.41) is 0. The Morgan fingerprint density at radius 3 is 2.42 bits per heavy atom. The zero-order valence-corrected chi connectivity index (χ0v) is 18.2. The van der Waals surface area contributed by atoms with Gasteiger partial charge in [-0.25, -0.2) is 4.98 Å².